The van der Waals surface area contributed by atoms with Gasteiger partial charge in [-0.25, -0.2) is 8.70 Å². The Morgan fingerprint density at radius 1 is 0.902 bits per heavy atom. The van der Waals surface area contributed by atoms with E-state index in [0.717, 1.165) is 37.4 Å². The van der Waals surface area contributed by atoms with Gasteiger partial charge in [0.05, 0.1) is 5.69 Å². The van der Waals surface area contributed by atoms with E-state index in [9.17, 15) is 22.4 Å². The molecule has 0 aliphatic rings. The van der Waals surface area contributed by atoms with Crippen LogP contribution in [0.15, 0.2) is 78.9 Å². The number of hydrogen-bond acceptors (Lipinski definition) is 4. The van der Waals surface area contributed by atoms with Crippen molar-refractivity contribution in [2.24, 2.45) is 0 Å². The third-order valence-corrected chi connectivity index (χ3v) is 8.16. The molecule has 0 saturated carbocycles. The second kappa shape index (κ2) is 13.3. The number of amides is 2. The Morgan fingerprint density at radius 3 is 2.07 bits per heavy atom. The number of nitrogens with one attached hydrogen (secondary N) is 1. The Bertz CT molecular complexity index is 1440. The van der Waals surface area contributed by atoms with Crippen LogP contribution in [0.1, 0.15) is 37.5 Å². The molecule has 0 saturated heterocycles. The van der Waals surface area contributed by atoms with Crippen molar-refractivity contribution in [2.75, 3.05) is 24.9 Å². The maximum Gasteiger partial charge on any atom is 0.304 e. The minimum absolute atomic E-state index is 0.0782. The third-order valence-electron chi connectivity index (χ3n) is 6.34. The summed E-state index contributed by atoms with van der Waals surface area (Å²) in [4.78, 5) is 29.4. The van der Waals surface area contributed by atoms with Gasteiger partial charge in [0.2, 0.25) is 11.8 Å². The molecule has 3 rings (SSSR count). The molecule has 1 atom stereocenters. The number of rotatable bonds is 11. The van der Waals surface area contributed by atoms with E-state index >= 15 is 0 Å². The van der Waals surface area contributed by atoms with Gasteiger partial charge in [0.1, 0.15) is 18.4 Å². The fourth-order valence-corrected chi connectivity index (χ4v) is 5.39. The summed E-state index contributed by atoms with van der Waals surface area (Å²) in [7, 11) is -1.44. The molecular weight excluding hydrogens is 543 g/mol. The lowest BCUT2D eigenvalue weighted by molar-refractivity contribution is -0.140. The van der Waals surface area contributed by atoms with Crippen LogP contribution in [0.5, 0.6) is 0 Å². The predicted octanol–water partition coefficient (Wildman–Crippen LogP) is 4.30. The van der Waals surface area contributed by atoms with Gasteiger partial charge in [0, 0.05) is 32.6 Å². The Kier molecular flexibility index (Phi) is 10.3. The van der Waals surface area contributed by atoms with Crippen LogP contribution in [0.3, 0.4) is 0 Å². The molecule has 0 spiro atoms. The molecule has 0 radical (unpaired) electrons. The normalized spacial score (nSPS) is 12.6. The van der Waals surface area contributed by atoms with Crippen molar-refractivity contribution >= 4 is 27.7 Å². The van der Waals surface area contributed by atoms with E-state index in [-0.39, 0.29) is 24.6 Å². The SMILES string of the molecule is Cc1cccc(CN(C(=O)CN(c2ccc(F)cc2)S(=O)(=O)N(C)C)[C@@H](Cc2ccccc2)C(=O)NC(C)(C)C)c1. The molecule has 0 fully saturated rings. The minimum Gasteiger partial charge on any atom is -0.350 e. The summed E-state index contributed by atoms with van der Waals surface area (Å²) in [5, 5.41) is 3.00. The fourth-order valence-electron chi connectivity index (χ4n) is 4.34. The quantitative estimate of drug-likeness (QED) is 0.365. The molecule has 0 aliphatic carbocycles. The average molecular weight is 583 g/mol. The number of nitrogens with zero attached hydrogens (tertiary/aromatic N) is 3. The number of halogens is 1. The van der Waals surface area contributed by atoms with Gasteiger partial charge in [-0.05, 0) is 63.1 Å². The summed E-state index contributed by atoms with van der Waals surface area (Å²) in [6, 6.07) is 20.9. The molecule has 2 amide bonds. The fraction of sp³-hybridized carbons (Fsp3) is 0.355. The third kappa shape index (κ3) is 8.86. The number of carbonyl (C=O) groups excluding carboxylic acids is 2. The molecular formula is C31H39FN4O4S. The van der Waals surface area contributed by atoms with E-state index in [0.29, 0.717) is 0 Å². The molecule has 0 unspecified atom stereocenters. The highest BCUT2D eigenvalue weighted by Gasteiger charge is 2.35. The highest BCUT2D eigenvalue weighted by molar-refractivity contribution is 7.90. The highest BCUT2D eigenvalue weighted by atomic mass is 32.2. The van der Waals surface area contributed by atoms with E-state index < -0.39 is 40.1 Å². The number of carbonyl (C=O) groups is 2. The molecule has 3 aromatic rings. The first kappa shape index (κ1) is 31.8. The van der Waals surface area contributed by atoms with Crippen LogP contribution in [0, 0.1) is 12.7 Å². The summed E-state index contributed by atoms with van der Waals surface area (Å²) >= 11 is 0. The summed E-state index contributed by atoms with van der Waals surface area (Å²) in [6.07, 6.45) is 0.220. The zero-order chi connectivity index (χ0) is 30.4. The average Bonchev–Trinajstić information content (AvgIpc) is 2.89. The van der Waals surface area contributed by atoms with Crippen LogP contribution in [0.25, 0.3) is 0 Å². The lowest BCUT2D eigenvalue weighted by Gasteiger charge is -2.35. The second-order valence-corrected chi connectivity index (χ2v) is 13.3. The Balaban J connectivity index is 2.11. The lowest BCUT2D eigenvalue weighted by atomic mass is 10.0. The zero-order valence-electron chi connectivity index (χ0n) is 24.5. The molecule has 41 heavy (non-hydrogen) atoms. The molecule has 0 aromatic heterocycles. The van der Waals surface area contributed by atoms with Crippen molar-refractivity contribution in [3.8, 4) is 0 Å². The smallest absolute Gasteiger partial charge is 0.304 e. The number of benzene rings is 3. The van der Waals surface area contributed by atoms with Crippen LogP contribution < -0.4 is 9.62 Å². The number of anilines is 1. The second-order valence-electron chi connectivity index (χ2n) is 11.2. The topological polar surface area (TPSA) is 90.0 Å². The Morgan fingerprint density at radius 2 is 1.51 bits per heavy atom. The monoisotopic (exact) mass is 582 g/mol. The minimum atomic E-state index is -4.15. The van der Waals surface area contributed by atoms with E-state index in [2.05, 4.69) is 5.32 Å². The molecule has 3 aromatic carbocycles. The Hall–Kier alpha value is -3.76. The molecule has 0 heterocycles. The summed E-state index contributed by atoms with van der Waals surface area (Å²) in [6.45, 7) is 7.00. The summed E-state index contributed by atoms with van der Waals surface area (Å²) < 4.78 is 42.4. The standard InChI is InChI=1S/C31H39FN4O4S/c1-23-11-10-14-25(19-23)21-35(28(30(38)33-31(2,3)4)20-24-12-8-7-9-13-24)29(37)22-36(41(39,40)34(5)6)27-17-15-26(32)16-18-27/h7-19,28H,20-22H2,1-6H3,(H,33,38)/t28-/m0/s1. The first-order chi connectivity index (χ1) is 19.2. The van der Waals surface area contributed by atoms with Crippen LogP contribution >= 0.6 is 0 Å². The maximum atomic E-state index is 14.2. The maximum absolute atomic E-state index is 14.2. The van der Waals surface area contributed by atoms with Crippen molar-refractivity contribution < 1.29 is 22.4 Å². The summed E-state index contributed by atoms with van der Waals surface area (Å²) in [5.41, 5.74) is 2.18. The highest BCUT2D eigenvalue weighted by Crippen LogP contribution is 2.22. The van der Waals surface area contributed by atoms with Crippen molar-refractivity contribution in [2.45, 2.75) is 52.2 Å². The lowest BCUT2D eigenvalue weighted by Crippen LogP contribution is -2.56. The van der Waals surface area contributed by atoms with E-state index in [1.54, 1.807) is 0 Å². The van der Waals surface area contributed by atoms with Gasteiger partial charge >= 0.3 is 10.2 Å². The van der Waals surface area contributed by atoms with E-state index in [4.69, 9.17) is 0 Å². The van der Waals surface area contributed by atoms with Gasteiger partial charge in [0.25, 0.3) is 0 Å². The first-order valence-electron chi connectivity index (χ1n) is 13.3. The van der Waals surface area contributed by atoms with Crippen molar-refractivity contribution in [3.63, 3.8) is 0 Å². The molecule has 0 aliphatic heterocycles. The summed E-state index contributed by atoms with van der Waals surface area (Å²) in [5.74, 6) is -1.47. The van der Waals surface area contributed by atoms with Crippen LogP contribution in [0.4, 0.5) is 10.1 Å². The van der Waals surface area contributed by atoms with Crippen LogP contribution in [-0.2, 0) is 32.8 Å². The molecule has 0 bridgehead atoms. The van der Waals surface area contributed by atoms with E-state index in [1.807, 2.05) is 82.3 Å². The van der Waals surface area contributed by atoms with Gasteiger partial charge in [-0.15, -0.1) is 0 Å². The predicted molar refractivity (Wildman–Crippen MR) is 160 cm³/mol. The van der Waals surface area contributed by atoms with Crippen LogP contribution in [0.2, 0.25) is 0 Å². The van der Waals surface area contributed by atoms with Crippen LogP contribution in [-0.4, -0.2) is 61.7 Å². The van der Waals surface area contributed by atoms with Gasteiger partial charge in [-0.1, -0.05) is 60.2 Å². The molecule has 220 valence electrons. The molecule has 8 nitrogen and oxygen atoms in total. The van der Waals surface area contributed by atoms with Crippen molar-refractivity contribution in [1.29, 1.82) is 0 Å². The first-order valence-corrected chi connectivity index (χ1v) is 14.7. The zero-order valence-corrected chi connectivity index (χ0v) is 25.3. The number of aryl methyl sites for hydroxylation is 1. The largest absolute Gasteiger partial charge is 0.350 e. The van der Waals surface area contributed by atoms with Gasteiger partial charge in [0.15, 0.2) is 0 Å². The molecule has 10 heteroatoms. The van der Waals surface area contributed by atoms with E-state index in [1.165, 1.54) is 31.1 Å². The van der Waals surface area contributed by atoms with Crippen molar-refractivity contribution in [3.05, 3.63) is 101 Å². The molecule has 1 N–H and O–H groups in total. The van der Waals surface area contributed by atoms with Gasteiger partial charge in [-0.3, -0.25) is 9.59 Å². The number of hydrogen-bond donors (Lipinski definition) is 1. The van der Waals surface area contributed by atoms with Gasteiger partial charge in [-0.2, -0.15) is 12.7 Å². The van der Waals surface area contributed by atoms with Gasteiger partial charge < -0.3 is 10.2 Å². The Labute approximate surface area is 243 Å². The van der Waals surface area contributed by atoms with Crippen molar-refractivity contribution in [1.82, 2.24) is 14.5 Å².